The van der Waals surface area contributed by atoms with Crippen LogP contribution in [0.15, 0.2) is 40.2 Å². The molecular weight excluding hydrogens is 537 g/mol. The van der Waals surface area contributed by atoms with Crippen LogP contribution in [0.25, 0.3) is 11.1 Å². The Labute approximate surface area is 217 Å². The van der Waals surface area contributed by atoms with Crippen molar-refractivity contribution in [2.75, 3.05) is 19.0 Å². The predicted octanol–water partition coefficient (Wildman–Crippen LogP) is 5.59. The maximum Gasteiger partial charge on any atom is 0.416 e. The standard InChI is InChI=1S/C25H18F5NO4S2/c1-11-13(9-14-15(25(28,29)30)3-2-4-16(14)26)23-31(17(10-37-23)24(33)36)22(32)19(11)12-5-6-18-21(20(12)27)35-8-7-34-18/h2-6,17H,7-10H2,1H3,(H,33,36). The maximum absolute atomic E-state index is 15.6. The van der Waals surface area contributed by atoms with Gasteiger partial charge in [0, 0.05) is 23.3 Å². The van der Waals surface area contributed by atoms with Crippen LogP contribution in [0.4, 0.5) is 22.0 Å². The molecule has 0 fully saturated rings. The molecule has 0 bridgehead atoms. The first-order valence-electron chi connectivity index (χ1n) is 11.1. The van der Waals surface area contributed by atoms with Crippen molar-refractivity contribution in [2.24, 2.45) is 0 Å². The molecule has 3 aromatic rings. The van der Waals surface area contributed by atoms with E-state index in [1.165, 1.54) is 19.1 Å². The van der Waals surface area contributed by atoms with Gasteiger partial charge in [-0.1, -0.05) is 6.07 Å². The number of carbonyl (C=O) groups is 1. The highest BCUT2D eigenvalue weighted by molar-refractivity contribution is 8.00. The van der Waals surface area contributed by atoms with Crippen LogP contribution in [0.5, 0.6) is 11.5 Å². The molecule has 5 nitrogen and oxygen atoms in total. The summed E-state index contributed by atoms with van der Waals surface area (Å²) in [5, 5.41) is -0.424. The molecule has 194 valence electrons. The maximum atomic E-state index is 15.6. The lowest BCUT2D eigenvalue weighted by atomic mass is 9.92. The zero-order valence-corrected chi connectivity index (χ0v) is 20.8. The van der Waals surface area contributed by atoms with Gasteiger partial charge in [0.2, 0.25) is 5.12 Å². The minimum atomic E-state index is -4.83. The first-order chi connectivity index (χ1) is 17.5. The van der Waals surface area contributed by atoms with Crippen LogP contribution in [-0.2, 0) is 17.4 Å². The number of aromatic nitrogens is 1. The second kappa shape index (κ2) is 9.39. The molecule has 0 aliphatic carbocycles. The molecule has 37 heavy (non-hydrogen) atoms. The number of hydrogen-bond donors (Lipinski definition) is 1. The Hall–Kier alpha value is -2.99. The number of ether oxygens (including phenoxy) is 2. The van der Waals surface area contributed by atoms with Crippen LogP contribution in [-0.4, -0.2) is 28.6 Å². The number of thioether (sulfide) groups is 1. The zero-order valence-electron chi connectivity index (χ0n) is 19.1. The Morgan fingerprint density at radius 2 is 1.86 bits per heavy atom. The van der Waals surface area contributed by atoms with E-state index in [0.717, 1.165) is 34.5 Å². The Bertz CT molecular complexity index is 1500. The van der Waals surface area contributed by atoms with Crippen LogP contribution in [0, 0.1) is 18.6 Å². The molecule has 0 radical (unpaired) electrons. The molecule has 0 saturated heterocycles. The SMILES string of the molecule is Cc1c(Cc2c(F)cccc2C(F)(F)F)c2n(c(=O)c1-c1ccc3c(c1F)OCCO3)C(C(=O)S)CS2. The predicted molar refractivity (Wildman–Crippen MR) is 130 cm³/mol. The number of rotatable bonds is 4. The molecule has 0 N–H and O–H groups in total. The zero-order chi connectivity index (χ0) is 26.6. The van der Waals surface area contributed by atoms with E-state index in [4.69, 9.17) is 9.47 Å². The van der Waals surface area contributed by atoms with Gasteiger partial charge in [-0.2, -0.15) is 13.2 Å². The highest BCUT2D eigenvalue weighted by atomic mass is 32.2. The van der Waals surface area contributed by atoms with E-state index in [1.54, 1.807) is 0 Å². The lowest BCUT2D eigenvalue weighted by Crippen LogP contribution is -2.30. The molecule has 2 aliphatic heterocycles. The molecule has 2 aliphatic rings. The van der Waals surface area contributed by atoms with E-state index in [9.17, 15) is 27.2 Å². The van der Waals surface area contributed by atoms with Crippen molar-refractivity contribution in [1.29, 1.82) is 0 Å². The van der Waals surface area contributed by atoms with Crippen molar-refractivity contribution in [3.63, 3.8) is 0 Å². The van der Waals surface area contributed by atoms with Crippen LogP contribution >= 0.6 is 24.4 Å². The lowest BCUT2D eigenvalue weighted by molar-refractivity contribution is -0.138. The summed E-state index contributed by atoms with van der Waals surface area (Å²) < 4.78 is 83.5. The molecule has 1 atom stereocenters. The van der Waals surface area contributed by atoms with Gasteiger partial charge in [0.05, 0.1) is 16.2 Å². The third-order valence-electron chi connectivity index (χ3n) is 6.41. The number of halogens is 5. The third kappa shape index (κ3) is 4.29. The van der Waals surface area contributed by atoms with Crippen molar-refractivity contribution in [3.8, 4) is 22.6 Å². The Kier molecular flexibility index (Phi) is 6.51. The summed E-state index contributed by atoms with van der Waals surface area (Å²) in [6.07, 6.45) is -5.37. The molecule has 3 heterocycles. The van der Waals surface area contributed by atoms with Crippen molar-refractivity contribution in [1.82, 2.24) is 4.57 Å². The fraction of sp³-hybridized carbons (Fsp3) is 0.280. The molecule has 0 saturated carbocycles. The van der Waals surface area contributed by atoms with E-state index in [-0.39, 0.29) is 57.7 Å². The van der Waals surface area contributed by atoms with Gasteiger partial charge in [0.25, 0.3) is 5.56 Å². The molecule has 2 aromatic carbocycles. The van der Waals surface area contributed by atoms with E-state index < -0.39 is 52.1 Å². The summed E-state index contributed by atoms with van der Waals surface area (Å²) in [7, 11) is 0. The number of thiol groups is 1. The van der Waals surface area contributed by atoms with E-state index in [0.29, 0.717) is 0 Å². The molecule has 12 heteroatoms. The third-order valence-corrected chi connectivity index (χ3v) is 7.90. The van der Waals surface area contributed by atoms with Crippen LogP contribution in [0.2, 0.25) is 0 Å². The average molecular weight is 556 g/mol. The van der Waals surface area contributed by atoms with Gasteiger partial charge in [-0.15, -0.1) is 24.4 Å². The minimum absolute atomic E-state index is 0.0845. The van der Waals surface area contributed by atoms with Crippen molar-refractivity contribution in [2.45, 2.75) is 30.6 Å². The van der Waals surface area contributed by atoms with Crippen molar-refractivity contribution >= 4 is 29.5 Å². The molecule has 5 rings (SSSR count). The van der Waals surface area contributed by atoms with Gasteiger partial charge in [0.15, 0.2) is 17.3 Å². The van der Waals surface area contributed by atoms with Crippen LogP contribution in [0.1, 0.15) is 28.3 Å². The second-order valence-electron chi connectivity index (χ2n) is 8.52. The van der Waals surface area contributed by atoms with Gasteiger partial charge in [-0.3, -0.25) is 14.2 Å². The van der Waals surface area contributed by atoms with E-state index in [2.05, 4.69) is 12.6 Å². The first kappa shape index (κ1) is 25.7. The van der Waals surface area contributed by atoms with Crippen LogP contribution in [0.3, 0.4) is 0 Å². The quantitative estimate of drug-likeness (QED) is 0.336. The van der Waals surface area contributed by atoms with Crippen molar-refractivity contribution in [3.05, 3.63) is 74.6 Å². The lowest BCUT2D eigenvalue weighted by Gasteiger charge is -2.23. The Morgan fingerprint density at radius 3 is 2.57 bits per heavy atom. The number of nitrogens with zero attached hydrogens (tertiary/aromatic N) is 1. The fourth-order valence-corrected chi connectivity index (χ4v) is 6.36. The van der Waals surface area contributed by atoms with Gasteiger partial charge in [0.1, 0.15) is 25.1 Å². The molecule has 1 unspecified atom stereocenters. The van der Waals surface area contributed by atoms with E-state index >= 15 is 4.39 Å². The number of fused-ring (bicyclic) bond motifs is 2. The van der Waals surface area contributed by atoms with Gasteiger partial charge in [-0.05, 0) is 42.3 Å². The van der Waals surface area contributed by atoms with Crippen LogP contribution < -0.4 is 15.0 Å². The molecular formula is C25H18F5NO4S2. The van der Waals surface area contributed by atoms with Gasteiger partial charge >= 0.3 is 6.18 Å². The molecule has 1 aromatic heterocycles. The summed E-state index contributed by atoms with van der Waals surface area (Å²) >= 11 is 4.95. The Morgan fingerprint density at radius 1 is 1.14 bits per heavy atom. The summed E-state index contributed by atoms with van der Waals surface area (Å²) in [6.45, 7) is 1.76. The summed E-state index contributed by atoms with van der Waals surface area (Å²) in [5.41, 5.74) is -2.48. The highest BCUT2D eigenvalue weighted by Gasteiger charge is 2.38. The molecule has 0 amide bonds. The molecule has 0 spiro atoms. The largest absolute Gasteiger partial charge is 0.486 e. The number of hydrogen-bond acceptors (Lipinski definition) is 5. The van der Waals surface area contributed by atoms with Gasteiger partial charge < -0.3 is 9.47 Å². The first-order valence-corrected chi connectivity index (χ1v) is 12.5. The topological polar surface area (TPSA) is 57.5 Å². The highest BCUT2D eigenvalue weighted by Crippen LogP contribution is 2.44. The van der Waals surface area contributed by atoms with Crippen molar-refractivity contribution < 1.29 is 36.2 Å². The summed E-state index contributed by atoms with van der Waals surface area (Å²) in [5.74, 6) is -1.91. The fourth-order valence-electron chi connectivity index (χ4n) is 4.66. The smallest absolute Gasteiger partial charge is 0.416 e. The number of pyridine rings is 1. The normalized spacial score (nSPS) is 16.6. The number of carbonyl (C=O) groups excluding carboxylic acids is 1. The van der Waals surface area contributed by atoms with E-state index in [1.807, 2.05) is 0 Å². The Balaban J connectivity index is 1.79. The average Bonchev–Trinajstić information content (AvgIpc) is 3.29. The summed E-state index contributed by atoms with van der Waals surface area (Å²) in [6, 6.07) is 4.37. The minimum Gasteiger partial charge on any atom is -0.486 e. The monoisotopic (exact) mass is 555 g/mol. The van der Waals surface area contributed by atoms with Gasteiger partial charge in [-0.25, -0.2) is 8.78 Å². The second-order valence-corrected chi connectivity index (χ2v) is 9.97. The summed E-state index contributed by atoms with van der Waals surface area (Å²) in [4.78, 5) is 25.9. The number of alkyl halides is 3. The number of benzene rings is 2.